The quantitative estimate of drug-likeness (QED) is 0.517. The highest BCUT2D eigenvalue weighted by Gasteiger charge is 2.82. The summed E-state index contributed by atoms with van der Waals surface area (Å²) in [5.41, 5.74) is 0.518. The third kappa shape index (κ3) is 0.921. The first-order valence-electron chi connectivity index (χ1n) is 5.43. The number of esters is 1. The molecule has 2 nitrogen and oxygen atoms in total. The van der Waals surface area contributed by atoms with E-state index in [1.807, 2.05) is 38.2 Å². The molecule has 0 aromatic carbocycles. The largest absolute Gasteiger partial charge is 0.464 e. The summed E-state index contributed by atoms with van der Waals surface area (Å²) >= 11 is 5.99. The van der Waals surface area contributed by atoms with Gasteiger partial charge < -0.3 is 4.74 Å². The fraction of sp³-hybridized carbons (Fsp3) is 0.462. The summed E-state index contributed by atoms with van der Waals surface area (Å²) in [7, 11) is 0. The van der Waals surface area contributed by atoms with Crippen molar-refractivity contribution in [3.63, 3.8) is 0 Å². The van der Waals surface area contributed by atoms with E-state index in [9.17, 15) is 4.79 Å². The minimum Gasteiger partial charge on any atom is -0.464 e. The molecule has 1 heterocycles. The standard InChI is InChI=1S/C13H13ClO2/c1-8(2)6-13-10-5-9(14)3-4-12(10,13)7-16-11(13)15/h3-6,10H,7H2,1-2H3/t10-,12-,13-/m0/s1. The van der Waals surface area contributed by atoms with Crippen molar-refractivity contribution in [2.75, 3.05) is 6.61 Å². The van der Waals surface area contributed by atoms with E-state index in [1.165, 1.54) is 0 Å². The summed E-state index contributed by atoms with van der Waals surface area (Å²) in [4.78, 5) is 12.0. The number of fused-ring (bicyclic) bond motifs is 1. The second-order valence-corrected chi connectivity index (χ2v) is 5.51. The number of halogens is 1. The van der Waals surface area contributed by atoms with Gasteiger partial charge in [0.2, 0.25) is 0 Å². The number of hydrogen-bond donors (Lipinski definition) is 0. The van der Waals surface area contributed by atoms with E-state index in [4.69, 9.17) is 16.3 Å². The molecule has 3 rings (SSSR count). The average Bonchev–Trinajstić information content (AvgIpc) is 2.66. The minimum absolute atomic E-state index is 0.106. The Kier molecular flexibility index (Phi) is 1.78. The van der Waals surface area contributed by atoms with Crippen molar-refractivity contribution in [3.05, 3.63) is 34.9 Å². The van der Waals surface area contributed by atoms with Crippen molar-refractivity contribution in [2.24, 2.45) is 16.7 Å². The lowest BCUT2D eigenvalue weighted by Gasteiger charge is -2.10. The molecule has 0 unspecified atom stereocenters. The molecule has 1 saturated heterocycles. The maximum atomic E-state index is 12.0. The van der Waals surface area contributed by atoms with Gasteiger partial charge in [-0.2, -0.15) is 0 Å². The van der Waals surface area contributed by atoms with Gasteiger partial charge in [0.1, 0.15) is 12.0 Å². The molecule has 0 amide bonds. The summed E-state index contributed by atoms with van der Waals surface area (Å²) < 4.78 is 5.21. The average molecular weight is 237 g/mol. The summed E-state index contributed by atoms with van der Waals surface area (Å²) in [6.07, 6.45) is 7.95. The van der Waals surface area contributed by atoms with E-state index in [0.29, 0.717) is 6.61 Å². The van der Waals surface area contributed by atoms with Gasteiger partial charge in [-0.25, -0.2) is 0 Å². The zero-order valence-corrected chi connectivity index (χ0v) is 10.0. The van der Waals surface area contributed by atoms with Crippen LogP contribution in [0.2, 0.25) is 0 Å². The van der Waals surface area contributed by atoms with Crippen molar-refractivity contribution >= 4 is 17.6 Å². The summed E-state index contributed by atoms with van der Waals surface area (Å²) in [5.74, 6) is 0.0830. The SMILES string of the molecule is CC(C)=C[C@]12C(=O)OC[C@]13C=CC(Cl)=C[C@@H]32. The van der Waals surface area contributed by atoms with Crippen LogP contribution in [0.3, 0.4) is 0 Å². The monoisotopic (exact) mass is 236 g/mol. The minimum atomic E-state index is -0.473. The molecule has 3 aliphatic rings. The third-order valence-corrected chi connectivity index (χ3v) is 4.15. The van der Waals surface area contributed by atoms with Crippen LogP contribution < -0.4 is 0 Å². The van der Waals surface area contributed by atoms with Gasteiger partial charge in [-0.15, -0.1) is 0 Å². The lowest BCUT2D eigenvalue weighted by atomic mass is 9.93. The van der Waals surface area contributed by atoms with E-state index < -0.39 is 5.41 Å². The molecule has 0 N–H and O–H groups in total. The van der Waals surface area contributed by atoms with Gasteiger partial charge in [0.15, 0.2) is 0 Å². The molecule has 84 valence electrons. The highest BCUT2D eigenvalue weighted by molar-refractivity contribution is 6.31. The number of cyclic esters (lactones) is 1. The molecule has 0 aromatic rings. The predicted molar refractivity (Wildman–Crippen MR) is 61.8 cm³/mol. The topological polar surface area (TPSA) is 26.3 Å². The van der Waals surface area contributed by atoms with E-state index in [2.05, 4.69) is 0 Å². The highest BCUT2D eigenvalue weighted by Crippen LogP contribution is 2.76. The zero-order chi connectivity index (χ0) is 11.6. The maximum Gasteiger partial charge on any atom is 0.317 e. The molecule has 2 aliphatic carbocycles. The van der Waals surface area contributed by atoms with Crippen LogP contribution in [-0.2, 0) is 9.53 Å². The normalized spacial score (nSPS) is 43.1. The van der Waals surface area contributed by atoms with Gasteiger partial charge >= 0.3 is 5.97 Å². The lowest BCUT2D eigenvalue weighted by molar-refractivity contribution is -0.144. The van der Waals surface area contributed by atoms with Gasteiger partial charge in [-0.1, -0.05) is 35.4 Å². The van der Waals surface area contributed by atoms with Gasteiger partial charge in [0, 0.05) is 11.0 Å². The first kappa shape index (κ1) is 10.2. The molecule has 1 spiro atoms. The molecule has 3 heteroatoms. The zero-order valence-electron chi connectivity index (χ0n) is 9.29. The Hall–Kier alpha value is -1.02. The summed E-state index contributed by atoms with van der Waals surface area (Å²) in [6.45, 7) is 4.50. The Balaban J connectivity index is 2.13. The number of rotatable bonds is 1. The molecule has 2 fully saturated rings. The van der Waals surface area contributed by atoms with Crippen LogP contribution in [-0.4, -0.2) is 12.6 Å². The second kappa shape index (κ2) is 2.80. The van der Waals surface area contributed by atoms with E-state index in [-0.39, 0.29) is 17.3 Å². The van der Waals surface area contributed by atoms with Gasteiger partial charge in [-0.3, -0.25) is 4.79 Å². The molecule has 16 heavy (non-hydrogen) atoms. The number of carbonyl (C=O) groups is 1. The molecular formula is C13H13ClO2. The van der Waals surface area contributed by atoms with E-state index in [1.54, 1.807) is 0 Å². The van der Waals surface area contributed by atoms with Crippen molar-refractivity contribution in [1.82, 2.24) is 0 Å². The first-order valence-corrected chi connectivity index (χ1v) is 5.80. The van der Waals surface area contributed by atoms with Crippen molar-refractivity contribution in [1.29, 1.82) is 0 Å². The van der Waals surface area contributed by atoms with Crippen molar-refractivity contribution < 1.29 is 9.53 Å². The van der Waals surface area contributed by atoms with Crippen LogP contribution in [0.1, 0.15) is 13.8 Å². The third-order valence-electron chi connectivity index (χ3n) is 3.89. The Morgan fingerprint density at radius 2 is 2.38 bits per heavy atom. The van der Waals surface area contributed by atoms with Crippen LogP contribution in [0.15, 0.2) is 34.9 Å². The Labute approximate surface area is 99.6 Å². The Morgan fingerprint density at radius 3 is 3.06 bits per heavy atom. The first-order chi connectivity index (χ1) is 7.53. The van der Waals surface area contributed by atoms with E-state index >= 15 is 0 Å². The molecule has 1 saturated carbocycles. The fourth-order valence-electron chi connectivity index (χ4n) is 3.20. The van der Waals surface area contributed by atoms with Gasteiger partial charge in [0.05, 0.1) is 5.41 Å². The molecular weight excluding hydrogens is 224 g/mol. The molecule has 3 atom stereocenters. The van der Waals surface area contributed by atoms with Gasteiger partial charge in [0.25, 0.3) is 0 Å². The number of allylic oxidation sites excluding steroid dienone is 4. The molecule has 0 radical (unpaired) electrons. The number of carbonyl (C=O) groups excluding carboxylic acids is 1. The Bertz CT molecular complexity index is 470. The Morgan fingerprint density at radius 1 is 1.62 bits per heavy atom. The van der Waals surface area contributed by atoms with Crippen LogP contribution in [0.5, 0.6) is 0 Å². The number of ether oxygens (including phenoxy) is 1. The van der Waals surface area contributed by atoms with Crippen LogP contribution >= 0.6 is 11.6 Å². The molecule has 0 aromatic heterocycles. The fourth-order valence-corrected chi connectivity index (χ4v) is 3.39. The lowest BCUT2D eigenvalue weighted by Crippen LogP contribution is -2.15. The number of hydrogen-bond acceptors (Lipinski definition) is 2. The van der Waals surface area contributed by atoms with Crippen LogP contribution in [0.25, 0.3) is 0 Å². The highest BCUT2D eigenvalue weighted by atomic mass is 35.5. The van der Waals surface area contributed by atoms with Crippen molar-refractivity contribution in [3.8, 4) is 0 Å². The second-order valence-electron chi connectivity index (χ2n) is 5.07. The summed E-state index contributed by atoms with van der Waals surface area (Å²) in [6, 6.07) is 0. The molecule has 0 bridgehead atoms. The molecule has 1 aliphatic heterocycles. The van der Waals surface area contributed by atoms with Crippen molar-refractivity contribution in [2.45, 2.75) is 13.8 Å². The van der Waals surface area contributed by atoms with E-state index in [0.717, 1.165) is 10.6 Å². The smallest absolute Gasteiger partial charge is 0.317 e. The van der Waals surface area contributed by atoms with Crippen LogP contribution in [0, 0.1) is 16.7 Å². The predicted octanol–water partition coefficient (Wildman–Crippen LogP) is 2.80. The van der Waals surface area contributed by atoms with Gasteiger partial charge in [-0.05, 0) is 19.9 Å². The summed E-state index contributed by atoms with van der Waals surface area (Å²) in [5, 5.41) is 0.722. The van der Waals surface area contributed by atoms with Crippen LogP contribution in [0.4, 0.5) is 0 Å². The maximum absolute atomic E-state index is 12.0.